The minimum absolute atomic E-state index is 0.265. The Bertz CT molecular complexity index is 569. The largest absolute Gasteiger partial charge is 0.492 e. The van der Waals surface area contributed by atoms with Gasteiger partial charge in [0.1, 0.15) is 5.82 Å². The Morgan fingerprint density at radius 3 is 2.94 bits per heavy atom. The van der Waals surface area contributed by atoms with Gasteiger partial charge >= 0.3 is 5.95 Å². The average molecular weight is 299 g/mol. The topological polar surface area (TPSA) is 113 Å². The van der Waals surface area contributed by atoms with Crippen molar-refractivity contribution in [3.8, 4) is 0 Å². The number of halogens is 1. The van der Waals surface area contributed by atoms with E-state index in [0.29, 0.717) is 11.4 Å². The van der Waals surface area contributed by atoms with E-state index in [1.807, 2.05) is 0 Å². The second kappa shape index (κ2) is 4.45. The molecule has 2 aromatic rings. The number of nitrogens with two attached hydrogens (primary N) is 1. The molecule has 0 saturated carbocycles. The van der Waals surface area contributed by atoms with Gasteiger partial charge in [-0.05, 0) is 16.0 Å². The smallest absolute Gasteiger partial charge is 0.390 e. The van der Waals surface area contributed by atoms with E-state index in [0.717, 1.165) is 0 Å². The molecule has 8 nitrogen and oxygen atoms in total. The zero-order valence-corrected chi connectivity index (χ0v) is 10.0. The summed E-state index contributed by atoms with van der Waals surface area (Å²) in [6.45, 7) is 0.265. The van der Waals surface area contributed by atoms with Crippen LogP contribution in [0, 0.1) is 10.1 Å². The van der Waals surface area contributed by atoms with Crippen LogP contribution >= 0.6 is 15.9 Å². The fourth-order valence-corrected chi connectivity index (χ4v) is 1.60. The summed E-state index contributed by atoms with van der Waals surface area (Å²) in [6, 6.07) is 3.49. The Balaban J connectivity index is 2.30. The van der Waals surface area contributed by atoms with E-state index in [9.17, 15) is 10.1 Å². The lowest BCUT2D eigenvalue weighted by Gasteiger charge is -2.01. The fraction of sp³-hybridized carbons (Fsp3) is 0.125. The monoisotopic (exact) mass is 298 g/mol. The van der Waals surface area contributed by atoms with Gasteiger partial charge in [-0.1, -0.05) is 6.07 Å². The molecule has 0 unspecified atom stereocenters. The van der Waals surface area contributed by atoms with E-state index >= 15 is 0 Å². The lowest BCUT2D eigenvalue weighted by molar-refractivity contribution is -0.394. The van der Waals surface area contributed by atoms with Gasteiger partial charge in [-0.25, -0.2) is 4.98 Å². The lowest BCUT2D eigenvalue weighted by Crippen LogP contribution is -2.06. The summed E-state index contributed by atoms with van der Waals surface area (Å²) in [5, 5.41) is 14.2. The molecule has 0 amide bonds. The molecule has 2 N–H and O–H groups in total. The van der Waals surface area contributed by atoms with Crippen LogP contribution in [-0.2, 0) is 6.54 Å². The third-order valence-electron chi connectivity index (χ3n) is 2.02. The molecular weight excluding hydrogens is 292 g/mol. The maximum Gasteiger partial charge on any atom is 0.492 e. The van der Waals surface area contributed by atoms with E-state index < -0.39 is 10.9 Å². The molecule has 0 saturated heterocycles. The van der Waals surface area contributed by atoms with E-state index in [4.69, 9.17) is 5.73 Å². The Morgan fingerprint density at radius 1 is 1.59 bits per heavy atom. The summed E-state index contributed by atoms with van der Waals surface area (Å²) in [4.78, 5) is 17.4. The number of nitrogen functional groups attached to an aromatic ring is 1. The summed E-state index contributed by atoms with van der Waals surface area (Å²) in [5.41, 5.74) is 6.38. The van der Waals surface area contributed by atoms with Crippen LogP contribution in [0.1, 0.15) is 5.56 Å². The predicted molar refractivity (Wildman–Crippen MR) is 62.1 cm³/mol. The number of rotatable bonds is 3. The lowest BCUT2D eigenvalue weighted by atomic mass is 10.2. The molecule has 0 radical (unpaired) electrons. The number of hydrogen-bond acceptors (Lipinski definition) is 6. The van der Waals surface area contributed by atoms with Gasteiger partial charge in [0.15, 0.2) is 0 Å². The van der Waals surface area contributed by atoms with Gasteiger partial charge in [0.05, 0.1) is 6.54 Å². The highest BCUT2D eigenvalue weighted by molar-refractivity contribution is 9.10. The first-order chi connectivity index (χ1) is 8.08. The van der Waals surface area contributed by atoms with Crippen molar-refractivity contribution in [2.24, 2.45) is 0 Å². The molecule has 0 aliphatic carbocycles. The third-order valence-corrected chi connectivity index (χ3v) is 2.61. The van der Waals surface area contributed by atoms with E-state index in [2.05, 4.69) is 31.0 Å². The quantitative estimate of drug-likeness (QED) is 0.667. The van der Waals surface area contributed by atoms with E-state index in [1.165, 1.54) is 4.68 Å². The zero-order valence-electron chi connectivity index (χ0n) is 8.45. The molecule has 17 heavy (non-hydrogen) atoms. The predicted octanol–water partition coefficient (Wildman–Crippen LogP) is 0.974. The van der Waals surface area contributed by atoms with Crippen LogP contribution in [0.15, 0.2) is 23.1 Å². The summed E-state index contributed by atoms with van der Waals surface area (Å²) in [7, 11) is 0. The Hall–Kier alpha value is -2.03. The summed E-state index contributed by atoms with van der Waals surface area (Å²) in [6.07, 6.45) is 1.57. The highest BCUT2D eigenvalue weighted by atomic mass is 79.9. The molecule has 2 rings (SSSR count). The van der Waals surface area contributed by atoms with Crippen LogP contribution in [-0.4, -0.2) is 24.7 Å². The molecule has 0 aliphatic heterocycles. The minimum Gasteiger partial charge on any atom is -0.390 e. The Labute approximate surface area is 104 Å². The van der Waals surface area contributed by atoms with Crippen LogP contribution in [0.3, 0.4) is 0 Å². The Morgan fingerprint density at radius 2 is 2.35 bits per heavy atom. The van der Waals surface area contributed by atoms with Crippen molar-refractivity contribution in [1.82, 2.24) is 19.7 Å². The van der Waals surface area contributed by atoms with Crippen molar-refractivity contribution in [2.45, 2.75) is 6.54 Å². The maximum absolute atomic E-state index is 10.5. The number of nitrogens with zero attached hydrogens (tertiary/aromatic N) is 5. The molecule has 9 heteroatoms. The fourth-order valence-electron chi connectivity index (χ4n) is 1.24. The van der Waals surface area contributed by atoms with Crippen molar-refractivity contribution >= 4 is 27.7 Å². The normalized spacial score (nSPS) is 10.4. The number of anilines is 1. The first-order valence-electron chi connectivity index (χ1n) is 4.52. The molecule has 0 bridgehead atoms. The zero-order chi connectivity index (χ0) is 12.4. The standard InChI is InChI=1S/C8H7BrN6O2/c9-7-12-8(15(16)17)13-14(7)4-5-2-1-3-11-6(5)10/h1-3H,4H2,(H2,10,11). The molecule has 0 atom stereocenters. The Kier molecular flexibility index (Phi) is 3.00. The van der Waals surface area contributed by atoms with Gasteiger partial charge in [-0.15, -0.1) is 0 Å². The van der Waals surface area contributed by atoms with Crippen molar-refractivity contribution in [2.75, 3.05) is 5.73 Å². The summed E-state index contributed by atoms with van der Waals surface area (Å²) in [5.74, 6) is -0.100. The van der Waals surface area contributed by atoms with E-state index in [-0.39, 0.29) is 11.3 Å². The summed E-state index contributed by atoms with van der Waals surface area (Å²) >= 11 is 3.09. The minimum atomic E-state index is -0.659. The van der Waals surface area contributed by atoms with Crippen molar-refractivity contribution < 1.29 is 4.92 Å². The second-order valence-electron chi connectivity index (χ2n) is 3.14. The van der Waals surface area contributed by atoms with Gasteiger partial charge in [-0.2, -0.15) is 4.68 Å². The van der Waals surface area contributed by atoms with Crippen LogP contribution < -0.4 is 5.73 Å². The maximum atomic E-state index is 10.5. The van der Waals surface area contributed by atoms with Crippen molar-refractivity contribution in [3.05, 3.63) is 38.7 Å². The molecule has 0 aliphatic rings. The van der Waals surface area contributed by atoms with Gasteiger partial charge in [0, 0.05) is 32.8 Å². The van der Waals surface area contributed by atoms with E-state index in [1.54, 1.807) is 18.3 Å². The second-order valence-corrected chi connectivity index (χ2v) is 3.85. The highest BCUT2D eigenvalue weighted by Gasteiger charge is 2.19. The van der Waals surface area contributed by atoms with Crippen molar-refractivity contribution in [3.63, 3.8) is 0 Å². The number of pyridine rings is 1. The summed E-state index contributed by atoms with van der Waals surface area (Å²) < 4.78 is 1.61. The van der Waals surface area contributed by atoms with Gasteiger partial charge in [0.2, 0.25) is 0 Å². The molecule has 0 spiro atoms. The molecule has 0 fully saturated rings. The molecular formula is C8H7BrN6O2. The highest BCUT2D eigenvalue weighted by Crippen LogP contribution is 2.16. The SMILES string of the molecule is Nc1ncccc1Cn1nc([N+](=O)[O-])nc1Br. The molecule has 2 heterocycles. The number of aromatic nitrogens is 4. The third kappa shape index (κ3) is 2.38. The molecule has 88 valence electrons. The van der Waals surface area contributed by atoms with Gasteiger partial charge < -0.3 is 15.8 Å². The number of hydrogen-bond donors (Lipinski definition) is 1. The molecule has 0 aromatic carbocycles. The first kappa shape index (κ1) is 11.5. The average Bonchev–Trinajstić information content (AvgIpc) is 2.64. The van der Waals surface area contributed by atoms with Crippen molar-refractivity contribution in [1.29, 1.82) is 0 Å². The van der Waals surface area contributed by atoms with Crippen LogP contribution in [0.4, 0.5) is 11.8 Å². The van der Waals surface area contributed by atoms with Gasteiger partial charge in [0.25, 0.3) is 4.73 Å². The van der Waals surface area contributed by atoms with Gasteiger partial charge in [-0.3, -0.25) is 0 Å². The van der Waals surface area contributed by atoms with Crippen LogP contribution in [0.5, 0.6) is 0 Å². The first-order valence-corrected chi connectivity index (χ1v) is 5.31. The molecule has 2 aromatic heterocycles. The van der Waals surface area contributed by atoms with Crippen LogP contribution in [0.25, 0.3) is 0 Å². The van der Waals surface area contributed by atoms with Crippen LogP contribution in [0.2, 0.25) is 0 Å². The number of nitro groups is 1.